The summed E-state index contributed by atoms with van der Waals surface area (Å²) in [7, 11) is 0. The zero-order valence-electron chi connectivity index (χ0n) is 12.3. The van der Waals surface area contributed by atoms with Crippen LogP contribution < -0.4 is 10.6 Å². The minimum Gasteiger partial charge on any atom is -0.353 e. The number of rotatable bonds is 5. The Morgan fingerprint density at radius 2 is 1.75 bits per heavy atom. The molecule has 0 heterocycles. The highest BCUT2D eigenvalue weighted by atomic mass is 16.1. The van der Waals surface area contributed by atoms with Gasteiger partial charge in [-0.2, -0.15) is 0 Å². The van der Waals surface area contributed by atoms with Gasteiger partial charge in [-0.1, -0.05) is 36.4 Å². The van der Waals surface area contributed by atoms with E-state index in [4.69, 9.17) is 0 Å². The first-order chi connectivity index (χ1) is 9.56. The van der Waals surface area contributed by atoms with Crippen LogP contribution >= 0.6 is 0 Å². The predicted octanol–water partition coefficient (Wildman–Crippen LogP) is 3.02. The zero-order valence-corrected chi connectivity index (χ0v) is 12.3. The second-order valence-corrected chi connectivity index (χ2v) is 5.43. The number of carbonyl (C=O) groups excluding carboxylic acids is 1. The van der Waals surface area contributed by atoms with Crippen LogP contribution in [-0.4, -0.2) is 18.5 Å². The molecule has 3 nitrogen and oxygen atoms in total. The summed E-state index contributed by atoms with van der Waals surface area (Å²) in [4.78, 5) is 11.6. The van der Waals surface area contributed by atoms with Gasteiger partial charge in [0.2, 0.25) is 5.91 Å². The Labute approximate surface area is 120 Å². The summed E-state index contributed by atoms with van der Waals surface area (Å²) >= 11 is 0. The Kier molecular flexibility index (Phi) is 4.74. The van der Waals surface area contributed by atoms with Gasteiger partial charge in [0.05, 0.1) is 6.54 Å². The van der Waals surface area contributed by atoms with Crippen LogP contribution in [0.3, 0.4) is 0 Å². The fourth-order valence-corrected chi connectivity index (χ4v) is 2.21. The first-order valence-corrected chi connectivity index (χ1v) is 7.07. The van der Waals surface area contributed by atoms with Crippen molar-refractivity contribution in [3.05, 3.63) is 48.0 Å². The van der Waals surface area contributed by atoms with Gasteiger partial charge >= 0.3 is 0 Å². The van der Waals surface area contributed by atoms with Gasteiger partial charge in [0.15, 0.2) is 0 Å². The molecule has 2 N–H and O–H groups in total. The van der Waals surface area contributed by atoms with Crippen molar-refractivity contribution in [1.29, 1.82) is 0 Å². The Bertz CT molecular complexity index is 592. The normalized spacial score (nSPS) is 12.6. The number of fused-ring (bicyclic) bond motifs is 1. The van der Waals surface area contributed by atoms with Crippen LogP contribution in [0.15, 0.2) is 42.5 Å². The molecule has 0 fully saturated rings. The van der Waals surface area contributed by atoms with E-state index in [2.05, 4.69) is 47.9 Å². The lowest BCUT2D eigenvalue weighted by Crippen LogP contribution is -2.38. The molecule has 0 aromatic heterocycles. The highest BCUT2D eigenvalue weighted by molar-refractivity contribution is 5.83. The first kappa shape index (κ1) is 14.5. The van der Waals surface area contributed by atoms with Gasteiger partial charge in [0.1, 0.15) is 0 Å². The predicted molar refractivity (Wildman–Crippen MR) is 83.6 cm³/mol. The van der Waals surface area contributed by atoms with Crippen LogP contribution in [0.5, 0.6) is 0 Å². The lowest BCUT2D eigenvalue weighted by molar-refractivity contribution is -0.120. The van der Waals surface area contributed by atoms with Gasteiger partial charge in [0, 0.05) is 12.1 Å². The monoisotopic (exact) mass is 270 g/mol. The number of benzene rings is 2. The molecule has 20 heavy (non-hydrogen) atoms. The van der Waals surface area contributed by atoms with Crippen LogP contribution in [0.2, 0.25) is 0 Å². The molecule has 0 radical (unpaired) electrons. The Balaban J connectivity index is 2.00. The Hall–Kier alpha value is -1.87. The summed E-state index contributed by atoms with van der Waals surface area (Å²) in [6.45, 7) is 6.34. The quantitative estimate of drug-likeness (QED) is 0.877. The molecule has 2 aromatic carbocycles. The van der Waals surface area contributed by atoms with E-state index in [-0.39, 0.29) is 18.0 Å². The summed E-state index contributed by atoms with van der Waals surface area (Å²) < 4.78 is 0. The molecule has 106 valence electrons. The number of hydrogen-bond donors (Lipinski definition) is 2. The van der Waals surface area contributed by atoms with Crippen LogP contribution in [0.4, 0.5) is 0 Å². The molecule has 2 aromatic rings. The van der Waals surface area contributed by atoms with Crippen molar-refractivity contribution in [2.24, 2.45) is 0 Å². The van der Waals surface area contributed by atoms with E-state index in [1.807, 2.05) is 26.0 Å². The molecule has 3 heteroatoms. The minimum atomic E-state index is 0.0349. The van der Waals surface area contributed by atoms with Crippen molar-refractivity contribution in [2.75, 3.05) is 6.54 Å². The SMILES string of the molecule is CC(C)NC(=O)CN[C@@H](C)c1ccc2ccccc2c1. The number of amides is 1. The molecule has 0 saturated heterocycles. The Morgan fingerprint density at radius 3 is 2.45 bits per heavy atom. The topological polar surface area (TPSA) is 41.1 Å². The lowest BCUT2D eigenvalue weighted by Gasteiger charge is -2.15. The van der Waals surface area contributed by atoms with Gasteiger partial charge in [-0.15, -0.1) is 0 Å². The van der Waals surface area contributed by atoms with E-state index < -0.39 is 0 Å². The molecular formula is C17H22N2O. The maximum atomic E-state index is 11.6. The van der Waals surface area contributed by atoms with Crippen molar-refractivity contribution in [1.82, 2.24) is 10.6 Å². The van der Waals surface area contributed by atoms with Crippen LogP contribution in [0, 0.1) is 0 Å². The molecule has 0 unspecified atom stereocenters. The van der Waals surface area contributed by atoms with E-state index in [0.717, 1.165) is 0 Å². The van der Waals surface area contributed by atoms with Crippen molar-refractivity contribution < 1.29 is 4.79 Å². The summed E-state index contributed by atoms with van der Waals surface area (Å²) in [6, 6.07) is 15.0. The fourth-order valence-electron chi connectivity index (χ4n) is 2.21. The summed E-state index contributed by atoms with van der Waals surface area (Å²) in [5.41, 5.74) is 1.20. The molecule has 0 bridgehead atoms. The summed E-state index contributed by atoms with van der Waals surface area (Å²) in [6.07, 6.45) is 0. The van der Waals surface area contributed by atoms with Crippen molar-refractivity contribution in [3.8, 4) is 0 Å². The molecule has 0 saturated carbocycles. The third-order valence-electron chi connectivity index (χ3n) is 3.29. The molecule has 0 spiro atoms. The first-order valence-electron chi connectivity index (χ1n) is 7.07. The molecule has 0 aliphatic heterocycles. The minimum absolute atomic E-state index is 0.0349. The van der Waals surface area contributed by atoms with E-state index >= 15 is 0 Å². The molecule has 1 atom stereocenters. The maximum Gasteiger partial charge on any atom is 0.234 e. The van der Waals surface area contributed by atoms with Crippen molar-refractivity contribution >= 4 is 16.7 Å². The highest BCUT2D eigenvalue weighted by Gasteiger charge is 2.08. The largest absolute Gasteiger partial charge is 0.353 e. The van der Waals surface area contributed by atoms with E-state index in [9.17, 15) is 4.79 Å². The smallest absolute Gasteiger partial charge is 0.234 e. The molecule has 2 rings (SSSR count). The highest BCUT2D eigenvalue weighted by Crippen LogP contribution is 2.19. The second-order valence-electron chi connectivity index (χ2n) is 5.43. The zero-order chi connectivity index (χ0) is 14.5. The van der Waals surface area contributed by atoms with Crippen LogP contribution in [-0.2, 0) is 4.79 Å². The molecular weight excluding hydrogens is 248 g/mol. The third kappa shape index (κ3) is 3.81. The fraction of sp³-hybridized carbons (Fsp3) is 0.353. The van der Waals surface area contributed by atoms with Gasteiger partial charge in [0.25, 0.3) is 0 Å². The number of carbonyl (C=O) groups is 1. The molecule has 1 amide bonds. The lowest BCUT2D eigenvalue weighted by atomic mass is 10.0. The number of hydrogen-bond acceptors (Lipinski definition) is 2. The van der Waals surface area contributed by atoms with Crippen molar-refractivity contribution in [2.45, 2.75) is 32.9 Å². The summed E-state index contributed by atoms with van der Waals surface area (Å²) in [5, 5.41) is 8.60. The second kappa shape index (κ2) is 6.53. The average Bonchev–Trinajstić information content (AvgIpc) is 2.43. The van der Waals surface area contributed by atoms with Gasteiger partial charge < -0.3 is 10.6 Å². The molecule has 0 aliphatic carbocycles. The average molecular weight is 270 g/mol. The van der Waals surface area contributed by atoms with Gasteiger partial charge in [-0.05, 0) is 43.2 Å². The maximum absolute atomic E-state index is 11.6. The summed E-state index contributed by atoms with van der Waals surface area (Å²) in [5.74, 6) is 0.0349. The number of nitrogens with one attached hydrogen (secondary N) is 2. The standard InChI is InChI=1S/C17H22N2O/c1-12(2)19-17(20)11-18-13(3)15-9-8-14-6-4-5-7-16(14)10-15/h4-10,12-13,18H,11H2,1-3H3,(H,19,20)/t13-/m0/s1. The van der Waals surface area contributed by atoms with Crippen LogP contribution in [0.1, 0.15) is 32.4 Å². The molecule has 0 aliphatic rings. The van der Waals surface area contributed by atoms with Gasteiger partial charge in [-0.3, -0.25) is 4.79 Å². The van der Waals surface area contributed by atoms with Gasteiger partial charge in [-0.25, -0.2) is 0 Å². The third-order valence-corrected chi connectivity index (χ3v) is 3.29. The van der Waals surface area contributed by atoms with E-state index in [1.54, 1.807) is 0 Å². The Morgan fingerprint density at radius 1 is 1.05 bits per heavy atom. The van der Waals surface area contributed by atoms with E-state index in [1.165, 1.54) is 16.3 Å². The van der Waals surface area contributed by atoms with E-state index in [0.29, 0.717) is 6.54 Å². The van der Waals surface area contributed by atoms with Crippen molar-refractivity contribution in [3.63, 3.8) is 0 Å². The van der Waals surface area contributed by atoms with Crippen LogP contribution in [0.25, 0.3) is 10.8 Å².